The first-order valence-corrected chi connectivity index (χ1v) is 7.65. The normalized spacial score (nSPS) is 25.7. The van der Waals surface area contributed by atoms with Crippen LogP contribution in [0.1, 0.15) is 38.9 Å². The molecule has 0 aromatic carbocycles. The molecule has 1 atom stereocenters. The molecule has 2 aliphatic heterocycles. The van der Waals surface area contributed by atoms with Crippen LogP contribution < -0.4 is 5.32 Å². The number of likely N-dealkylation sites (tertiary alicyclic amines) is 1. The summed E-state index contributed by atoms with van der Waals surface area (Å²) in [5, 5.41) is 6.81. The Hall–Kier alpha value is -1.96. The number of nitrogens with zero attached hydrogens (tertiary/aromatic N) is 4. The van der Waals surface area contributed by atoms with Gasteiger partial charge in [-0.2, -0.15) is 4.98 Å². The van der Waals surface area contributed by atoms with E-state index in [2.05, 4.69) is 20.4 Å². The summed E-state index contributed by atoms with van der Waals surface area (Å²) in [6.07, 6.45) is 1.31. The predicted octanol–water partition coefficient (Wildman–Crippen LogP) is 0.537. The number of carbonyl (C=O) groups excluding carboxylic acids is 2. The van der Waals surface area contributed by atoms with Gasteiger partial charge in [0.25, 0.3) is 5.91 Å². The van der Waals surface area contributed by atoms with Gasteiger partial charge in [-0.3, -0.25) is 14.6 Å². The number of nitrogens with one attached hydrogen (secondary N) is 1. The molecule has 2 fully saturated rings. The quantitative estimate of drug-likeness (QED) is 0.816. The van der Waals surface area contributed by atoms with Crippen LogP contribution in [0.3, 0.4) is 0 Å². The highest BCUT2D eigenvalue weighted by Gasteiger charge is 2.55. The van der Waals surface area contributed by atoms with E-state index < -0.39 is 5.54 Å². The molecular weight excluding hydrogens is 286 g/mol. The number of carbonyl (C=O) groups is 2. The molecule has 0 aliphatic carbocycles. The van der Waals surface area contributed by atoms with Gasteiger partial charge < -0.3 is 9.84 Å². The molecule has 120 valence electrons. The Morgan fingerprint density at radius 3 is 2.77 bits per heavy atom. The highest BCUT2D eigenvalue weighted by molar-refractivity contribution is 6.07. The van der Waals surface area contributed by atoms with Gasteiger partial charge in [-0.05, 0) is 20.3 Å². The zero-order valence-corrected chi connectivity index (χ0v) is 13.1. The van der Waals surface area contributed by atoms with Crippen molar-refractivity contribution in [1.29, 1.82) is 0 Å². The van der Waals surface area contributed by atoms with Crippen molar-refractivity contribution in [2.45, 2.75) is 51.7 Å². The lowest BCUT2D eigenvalue weighted by Gasteiger charge is -2.22. The number of aromatic nitrogens is 2. The van der Waals surface area contributed by atoms with Crippen LogP contribution in [0.4, 0.5) is 4.79 Å². The molecular formula is C14H21N5O3. The minimum atomic E-state index is -0.793. The standard InChI is InChI=1S/C14H21N5O3/c1-4-11-15-10(17-22-11)7-18-6-5-14(8-18)12(20)19(9(2)3)13(21)16-14/h9H,4-8H2,1-3H3,(H,16,21). The molecule has 8 nitrogen and oxygen atoms in total. The number of hydrogen-bond donors (Lipinski definition) is 1. The van der Waals surface area contributed by atoms with Crippen molar-refractivity contribution >= 4 is 11.9 Å². The molecule has 1 spiro atoms. The average molecular weight is 307 g/mol. The van der Waals surface area contributed by atoms with Gasteiger partial charge in [-0.15, -0.1) is 0 Å². The average Bonchev–Trinajstić information content (AvgIpc) is 3.12. The van der Waals surface area contributed by atoms with Crippen LogP contribution in [0.25, 0.3) is 0 Å². The van der Waals surface area contributed by atoms with Gasteiger partial charge in [0.05, 0.1) is 6.54 Å². The molecule has 0 saturated carbocycles. The highest BCUT2D eigenvalue weighted by atomic mass is 16.5. The maximum atomic E-state index is 12.6. The van der Waals surface area contributed by atoms with Crippen molar-refractivity contribution in [3.8, 4) is 0 Å². The number of aryl methyl sites for hydroxylation is 1. The Morgan fingerprint density at radius 2 is 2.18 bits per heavy atom. The van der Waals surface area contributed by atoms with E-state index in [0.717, 1.165) is 0 Å². The molecule has 2 aliphatic rings. The van der Waals surface area contributed by atoms with Gasteiger partial charge in [0, 0.05) is 25.6 Å². The summed E-state index contributed by atoms with van der Waals surface area (Å²) < 4.78 is 5.10. The van der Waals surface area contributed by atoms with Crippen LogP contribution in [0.5, 0.6) is 0 Å². The molecule has 0 radical (unpaired) electrons. The van der Waals surface area contributed by atoms with Crippen LogP contribution in [0.2, 0.25) is 0 Å². The minimum absolute atomic E-state index is 0.127. The lowest BCUT2D eigenvalue weighted by Crippen LogP contribution is -2.49. The summed E-state index contributed by atoms with van der Waals surface area (Å²) >= 11 is 0. The smallest absolute Gasteiger partial charge is 0.325 e. The maximum Gasteiger partial charge on any atom is 0.325 e. The number of imide groups is 1. The number of amides is 3. The molecule has 3 rings (SSSR count). The van der Waals surface area contributed by atoms with Crippen LogP contribution >= 0.6 is 0 Å². The van der Waals surface area contributed by atoms with E-state index in [0.29, 0.717) is 44.2 Å². The largest absolute Gasteiger partial charge is 0.339 e. The third-order valence-electron chi connectivity index (χ3n) is 4.24. The number of rotatable bonds is 4. The van der Waals surface area contributed by atoms with Crippen molar-refractivity contribution in [2.24, 2.45) is 0 Å². The molecule has 3 amide bonds. The van der Waals surface area contributed by atoms with E-state index in [1.54, 1.807) is 0 Å². The number of hydrogen-bond acceptors (Lipinski definition) is 6. The zero-order valence-electron chi connectivity index (χ0n) is 13.1. The molecule has 1 aromatic heterocycles. The number of urea groups is 1. The van der Waals surface area contributed by atoms with E-state index in [-0.39, 0.29) is 18.0 Å². The highest BCUT2D eigenvalue weighted by Crippen LogP contribution is 2.30. The molecule has 1 N–H and O–H groups in total. The summed E-state index contributed by atoms with van der Waals surface area (Å²) in [7, 11) is 0. The van der Waals surface area contributed by atoms with Gasteiger partial charge in [-0.1, -0.05) is 12.1 Å². The fourth-order valence-corrected chi connectivity index (χ4v) is 3.11. The van der Waals surface area contributed by atoms with Gasteiger partial charge in [0.15, 0.2) is 5.82 Å². The Morgan fingerprint density at radius 1 is 1.41 bits per heavy atom. The summed E-state index contributed by atoms with van der Waals surface area (Å²) in [5.74, 6) is 1.10. The molecule has 22 heavy (non-hydrogen) atoms. The molecule has 1 aromatic rings. The lowest BCUT2D eigenvalue weighted by atomic mass is 9.99. The predicted molar refractivity (Wildman–Crippen MR) is 76.8 cm³/mol. The van der Waals surface area contributed by atoms with Crippen molar-refractivity contribution in [2.75, 3.05) is 13.1 Å². The third kappa shape index (κ3) is 2.37. The Labute approximate surface area is 128 Å². The Bertz CT molecular complexity index is 599. The molecule has 0 bridgehead atoms. The van der Waals surface area contributed by atoms with E-state index >= 15 is 0 Å². The maximum absolute atomic E-state index is 12.6. The second-order valence-corrected chi connectivity index (χ2v) is 6.20. The monoisotopic (exact) mass is 307 g/mol. The van der Waals surface area contributed by atoms with Crippen molar-refractivity contribution in [1.82, 2.24) is 25.3 Å². The van der Waals surface area contributed by atoms with Gasteiger partial charge in [0.1, 0.15) is 5.54 Å². The van der Waals surface area contributed by atoms with Crippen LogP contribution in [0, 0.1) is 0 Å². The summed E-state index contributed by atoms with van der Waals surface area (Å²) in [4.78, 5) is 32.3. The van der Waals surface area contributed by atoms with Crippen molar-refractivity contribution in [3.63, 3.8) is 0 Å². The molecule has 1 unspecified atom stereocenters. The lowest BCUT2D eigenvalue weighted by molar-refractivity contribution is -0.132. The first-order valence-electron chi connectivity index (χ1n) is 7.65. The van der Waals surface area contributed by atoms with Crippen LogP contribution in [-0.4, -0.2) is 56.5 Å². The van der Waals surface area contributed by atoms with Gasteiger partial charge in [0.2, 0.25) is 5.89 Å². The summed E-state index contributed by atoms with van der Waals surface area (Å²) in [6, 6.07) is -0.431. The SMILES string of the molecule is CCc1nc(CN2CCC3(C2)NC(=O)N(C(C)C)C3=O)no1. The fraction of sp³-hybridized carbons (Fsp3) is 0.714. The third-order valence-corrected chi connectivity index (χ3v) is 4.24. The van der Waals surface area contributed by atoms with Crippen molar-refractivity contribution < 1.29 is 14.1 Å². The first-order chi connectivity index (χ1) is 10.4. The second kappa shape index (κ2) is 5.35. The summed E-state index contributed by atoms with van der Waals surface area (Å²) in [5.41, 5.74) is -0.793. The first kappa shape index (κ1) is 15.0. The van der Waals surface area contributed by atoms with Crippen molar-refractivity contribution in [3.05, 3.63) is 11.7 Å². The fourth-order valence-electron chi connectivity index (χ4n) is 3.11. The minimum Gasteiger partial charge on any atom is -0.339 e. The summed E-state index contributed by atoms with van der Waals surface area (Å²) in [6.45, 7) is 7.36. The van der Waals surface area contributed by atoms with Crippen LogP contribution in [-0.2, 0) is 17.8 Å². The Balaban J connectivity index is 1.69. The molecule has 8 heteroatoms. The molecule has 2 saturated heterocycles. The van der Waals surface area contributed by atoms with E-state index in [1.165, 1.54) is 4.90 Å². The van der Waals surface area contributed by atoms with Gasteiger partial charge >= 0.3 is 6.03 Å². The van der Waals surface area contributed by atoms with Crippen LogP contribution in [0.15, 0.2) is 4.52 Å². The molecule has 3 heterocycles. The topological polar surface area (TPSA) is 91.6 Å². The second-order valence-electron chi connectivity index (χ2n) is 6.20. The van der Waals surface area contributed by atoms with E-state index in [4.69, 9.17) is 4.52 Å². The Kier molecular flexibility index (Phi) is 3.64. The van der Waals surface area contributed by atoms with E-state index in [9.17, 15) is 9.59 Å². The van der Waals surface area contributed by atoms with E-state index in [1.807, 2.05) is 20.8 Å². The van der Waals surface area contributed by atoms with Gasteiger partial charge in [-0.25, -0.2) is 4.79 Å². The zero-order chi connectivity index (χ0) is 15.9.